The third-order valence-corrected chi connectivity index (χ3v) is 4.04. The molecule has 0 radical (unpaired) electrons. The molecule has 3 heterocycles. The Bertz CT molecular complexity index is 573. The molecular weight excluding hydrogens is 236 g/mol. The second-order valence-electron chi connectivity index (χ2n) is 5.87. The predicted molar refractivity (Wildman–Crippen MR) is 76.3 cm³/mol. The van der Waals surface area contributed by atoms with Crippen molar-refractivity contribution in [1.82, 2.24) is 19.5 Å². The van der Waals surface area contributed by atoms with Crippen LogP contribution < -0.4 is 0 Å². The molecule has 1 saturated heterocycles. The molecule has 0 aliphatic carbocycles. The number of pyridine rings is 1. The fourth-order valence-corrected chi connectivity index (χ4v) is 3.08. The number of hydrogen-bond acceptors (Lipinski definition) is 3. The molecule has 2 aromatic heterocycles. The second kappa shape index (κ2) is 4.93. The molecule has 1 atom stereocenters. The number of hydrogen-bond donors (Lipinski definition) is 0. The van der Waals surface area contributed by atoms with Gasteiger partial charge in [-0.25, -0.2) is 9.50 Å². The van der Waals surface area contributed by atoms with E-state index in [1.807, 2.05) is 10.7 Å². The Balaban J connectivity index is 1.81. The molecule has 0 amide bonds. The van der Waals surface area contributed by atoms with Gasteiger partial charge in [-0.05, 0) is 57.9 Å². The molecule has 2 aromatic rings. The zero-order chi connectivity index (χ0) is 13.4. The van der Waals surface area contributed by atoms with Gasteiger partial charge < -0.3 is 0 Å². The molecule has 102 valence electrons. The Morgan fingerprint density at radius 3 is 3.05 bits per heavy atom. The first-order chi connectivity index (χ1) is 9.13. The van der Waals surface area contributed by atoms with E-state index < -0.39 is 0 Å². The number of aryl methyl sites for hydroxylation is 1. The van der Waals surface area contributed by atoms with Crippen molar-refractivity contribution in [2.75, 3.05) is 6.54 Å². The van der Waals surface area contributed by atoms with Gasteiger partial charge in [0.15, 0.2) is 11.5 Å². The first kappa shape index (κ1) is 12.6. The van der Waals surface area contributed by atoms with Crippen LogP contribution in [0.4, 0.5) is 0 Å². The Kier molecular flexibility index (Phi) is 3.27. The molecule has 1 fully saturated rings. The van der Waals surface area contributed by atoms with E-state index >= 15 is 0 Å². The fraction of sp³-hybridized carbons (Fsp3) is 0.600. The third-order valence-electron chi connectivity index (χ3n) is 4.04. The van der Waals surface area contributed by atoms with E-state index in [-0.39, 0.29) is 0 Å². The second-order valence-corrected chi connectivity index (χ2v) is 5.87. The molecule has 0 spiro atoms. The van der Waals surface area contributed by atoms with E-state index in [0.29, 0.717) is 12.1 Å². The number of fused-ring (bicyclic) bond motifs is 1. The van der Waals surface area contributed by atoms with Crippen molar-refractivity contribution in [2.24, 2.45) is 0 Å². The van der Waals surface area contributed by atoms with Crippen LogP contribution in [0.15, 0.2) is 18.3 Å². The van der Waals surface area contributed by atoms with Crippen molar-refractivity contribution in [3.63, 3.8) is 0 Å². The summed E-state index contributed by atoms with van der Waals surface area (Å²) in [5.41, 5.74) is 2.19. The highest BCUT2D eigenvalue weighted by Crippen LogP contribution is 2.22. The average Bonchev–Trinajstić information content (AvgIpc) is 2.95. The zero-order valence-corrected chi connectivity index (χ0v) is 12.0. The fourth-order valence-electron chi connectivity index (χ4n) is 3.08. The number of likely N-dealkylation sites (tertiary alicyclic amines) is 1. The van der Waals surface area contributed by atoms with Crippen LogP contribution in [0.3, 0.4) is 0 Å². The molecule has 1 aliphatic heterocycles. The van der Waals surface area contributed by atoms with E-state index in [0.717, 1.165) is 17.9 Å². The van der Waals surface area contributed by atoms with Gasteiger partial charge in [0.05, 0.1) is 0 Å². The molecule has 4 nitrogen and oxygen atoms in total. The summed E-state index contributed by atoms with van der Waals surface area (Å²) in [6.45, 7) is 7.86. The SMILES string of the molecule is Cc1ccn2nc(CC3CCCN3C(C)C)nc2c1. The molecule has 1 aliphatic rings. The summed E-state index contributed by atoms with van der Waals surface area (Å²) in [7, 11) is 0. The molecule has 4 heteroatoms. The normalized spacial score (nSPS) is 20.7. The quantitative estimate of drug-likeness (QED) is 0.848. The van der Waals surface area contributed by atoms with Crippen molar-refractivity contribution >= 4 is 5.65 Å². The van der Waals surface area contributed by atoms with Crippen LogP contribution in [0, 0.1) is 6.92 Å². The molecule has 19 heavy (non-hydrogen) atoms. The van der Waals surface area contributed by atoms with Crippen molar-refractivity contribution in [1.29, 1.82) is 0 Å². The largest absolute Gasteiger partial charge is 0.298 e. The van der Waals surface area contributed by atoms with Crippen LogP contribution in [0.5, 0.6) is 0 Å². The molecule has 0 N–H and O–H groups in total. The van der Waals surface area contributed by atoms with Gasteiger partial charge >= 0.3 is 0 Å². The van der Waals surface area contributed by atoms with Crippen LogP contribution in [0.25, 0.3) is 5.65 Å². The van der Waals surface area contributed by atoms with Crippen molar-refractivity contribution in [2.45, 2.75) is 52.1 Å². The lowest BCUT2D eigenvalue weighted by Crippen LogP contribution is -2.36. The molecule has 0 aromatic carbocycles. The molecule has 0 saturated carbocycles. The summed E-state index contributed by atoms with van der Waals surface area (Å²) < 4.78 is 1.89. The zero-order valence-electron chi connectivity index (χ0n) is 12.0. The smallest absolute Gasteiger partial charge is 0.155 e. The Morgan fingerprint density at radius 2 is 2.26 bits per heavy atom. The van der Waals surface area contributed by atoms with Crippen molar-refractivity contribution in [3.8, 4) is 0 Å². The Hall–Kier alpha value is -1.42. The van der Waals surface area contributed by atoms with Gasteiger partial charge in [0.1, 0.15) is 0 Å². The van der Waals surface area contributed by atoms with Crippen LogP contribution in [-0.2, 0) is 6.42 Å². The lowest BCUT2D eigenvalue weighted by molar-refractivity contribution is 0.201. The minimum absolute atomic E-state index is 0.610. The Labute approximate surface area is 114 Å². The Morgan fingerprint density at radius 1 is 1.42 bits per heavy atom. The number of aromatic nitrogens is 3. The minimum Gasteiger partial charge on any atom is -0.298 e. The van der Waals surface area contributed by atoms with E-state index in [4.69, 9.17) is 0 Å². The van der Waals surface area contributed by atoms with Crippen LogP contribution in [0.2, 0.25) is 0 Å². The minimum atomic E-state index is 0.610. The highest BCUT2D eigenvalue weighted by atomic mass is 15.3. The summed E-state index contributed by atoms with van der Waals surface area (Å²) in [4.78, 5) is 7.24. The number of nitrogens with zero attached hydrogens (tertiary/aromatic N) is 4. The molecule has 0 bridgehead atoms. The van der Waals surface area contributed by atoms with Gasteiger partial charge in [0.2, 0.25) is 0 Å². The standard InChI is InChI=1S/C15H22N4/c1-11(2)18-7-4-5-13(18)10-14-16-15-9-12(3)6-8-19(15)17-14/h6,8-9,11,13H,4-5,7,10H2,1-3H3. The maximum absolute atomic E-state index is 4.66. The van der Waals surface area contributed by atoms with Crippen LogP contribution >= 0.6 is 0 Å². The average molecular weight is 258 g/mol. The first-order valence-electron chi connectivity index (χ1n) is 7.21. The lowest BCUT2D eigenvalue weighted by atomic mass is 10.1. The van der Waals surface area contributed by atoms with E-state index in [2.05, 4.69) is 47.9 Å². The molecule has 1 unspecified atom stereocenters. The molecule has 3 rings (SSSR count). The summed E-state index contributed by atoms with van der Waals surface area (Å²) in [5.74, 6) is 0.975. The third kappa shape index (κ3) is 2.50. The first-order valence-corrected chi connectivity index (χ1v) is 7.21. The monoisotopic (exact) mass is 258 g/mol. The van der Waals surface area contributed by atoms with E-state index in [1.165, 1.54) is 24.9 Å². The highest BCUT2D eigenvalue weighted by molar-refractivity contribution is 5.40. The number of rotatable bonds is 3. The maximum Gasteiger partial charge on any atom is 0.155 e. The lowest BCUT2D eigenvalue weighted by Gasteiger charge is -2.27. The molecular formula is C15H22N4. The van der Waals surface area contributed by atoms with Crippen LogP contribution in [-0.4, -0.2) is 38.1 Å². The van der Waals surface area contributed by atoms with Gasteiger partial charge in [-0.2, -0.15) is 5.10 Å². The predicted octanol–water partition coefficient (Wildman–Crippen LogP) is 2.45. The highest BCUT2D eigenvalue weighted by Gasteiger charge is 2.27. The van der Waals surface area contributed by atoms with Crippen molar-refractivity contribution < 1.29 is 0 Å². The summed E-state index contributed by atoms with van der Waals surface area (Å²) in [5, 5.41) is 4.59. The van der Waals surface area contributed by atoms with Crippen molar-refractivity contribution in [3.05, 3.63) is 29.7 Å². The topological polar surface area (TPSA) is 33.4 Å². The van der Waals surface area contributed by atoms with E-state index in [9.17, 15) is 0 Å². The van der Waals surface area contributed by atoms with Gasteiger partial charge in [-0.15, -0.1) is 0 Å². The van der Waals surface area contributed by atoms with Gasteiger partial charge in [0, 0.05) is 24.7 Å². The van der Waals surface area contributed by atoms with Crippen LogP contribution in [0.1, 0.15) is 38.1 Å². The summed E-state index contributed by atoms with van der Waals surface area (Å²) in [6, 6.07) is 5.39. The van der Waals surface area contributed by atoms with Gasteiger partial charge in [-0.3, -0.25) is 4.90 Å². The van der Waals surface area contributed by atoms with Gasteiger partial charge in [-0.1, -0.05) is 0 Å². The van der Waals surface area contributed by atoms with E-state index in [1.54, 1.807) is 0 Å². The van der Waals surface area contributed by atoms with Gasteiger partial charge in [0.25, 0.3) is 0 Å². The summed E-state index contributed by atoms with van der Waals surface area (Å²) in [6.07, 6.45) is 5.54. The maximum atomic E-state index is 4.66. The summed E-state index contributed by atoms with van der Waals surface area (Å²) >= 11 is 0.